The lowest BCUT2D eigenvalue weighted by Crippen LogP contribution is -2.20. The van der Waals surface area contributed by atoms with Crippen LogP contribution in [0.3, 0.4) is 0 Å². The number of carbonyl (C=O) groups excluding carboxylic acids is 1. The molecule has 100 valence electrons. The summed E-state index contributed by atoms with van der Waals surface area (Å²) in [5.41, 5.74) is 1.49. The molecule has 1 aromatic carbocycles. The van der Waals surface area contributed by atoms with Gasteiger partial charge >= 0.3 is 5.97 Å². The van der Waals surface area contributed by atoms with Crippen LogP contribution in [0.5, 0.6) is 0 Å². The van der Waals surface area contributed by atoms with Gasteiger partial charge in [-0.3, -0.25) is 0 Å². The van der Waals surface area contributed by atoms with Crippen LogP contribution in [0.4, 0.5) is 0 Å². The second-order valence-electron chi connectivity index (χ2n) is 4.00. The Morgan fingerprint density at radius 1 is 1.44 bits per heavy atom. The van der Waals surface area contributed by atoms with E-state index in [1.165, 1.54) is 7.11 Å². The lowest BCUT2D eigenvalue weighted by Gasteiger charge is -2.20. The van der Waals surface area contributed by atoms with Gasteiger partial charge in [-0.1, -0.05) is 12.1 Å². The molecule has 0 radical (unpaired) electrons. The highest BCUT2D eigenvalue weighted by molar-refractivity contribution is 6.17. The largest absolute Gasteiger partial charge is 0.465 e. The highest BCUT2D eigenvalue weighted by Crippen LogP contribution is 2.25. The molecule has 0 fully saturated rings. The van der Waals surface area contributed by atoms with Gasteiger partial charge in [0, 0.05) is 5.88 Å². The van der Waals surface area contributed by atoms with Crippen LogP contribution in [0.25, 0.3) is 0 Å². The number of aliphatic hydroxyl groups is 2. The number of carbonyl (C=O) groups is 1. The minimum absolute atomic E-state index is 0.258. The van der Waals surface area contributed by atoms with Crippen LogP contribution in [0, 0.1) is 6.92 Å². The second kappa shape index (κ2) is 6.73. The van der Waals surface area contributed by atoms with Crippen molar-refractivity contribution < 1.29 is 19.7 Å². The third-order valence-corrected chi connectivity index (χ3v) is 3.09. The summed E-state index contributed by atoms with van der Waals surface area (Å²) in [6.45, 7) is 1.71. The molecule has 5 heteroatoms. The summed E-state index contributed by atoms with van der Waals surface area (Å²) in [4.78, 5) is 11.5. The predicted octanol–water partition coefficient (Wildman–Crippen LogP) is 1.80. The highest BCUT2D eigenvalue weighted by Gasteiger charge is 2.22. The van der Waals surface area contributed by atoms with Crippen LogP contribution in [0.2, 0.25) is 0 Å². The monoisotopic (exact) mass is 272 g/mol. The van der Waals surface area contributed by atoms with Crippen LogP contribution in [0.1, 0.15) is 34.0 Å². The Bertz CT molecular complexity index is 419. The molecule has 0 aliphatic rings. The van der Waals surface area contributed by atoms with E-state index in [-0.39, 0.29) is 12.3 Å². The van der Waals surface area contributed by atoms with Gasteiger partial charge < -0.3 is 14.9 Å². The van der Waals surface area contributed by atoms with Gasteiger partial charge in [0.05, 0.1) is 18.8 Å². The van der Waals surface area contributed by atoms with E-state index >= 15 is 0 Å². The number of esters is 1. The van der Waals surface area contributed by atoms with E-state index in [1.807, 2.05) is 0 Å². The molecule has 4 nitrogen and oxygen atoms in total. The van der Waals surface area contributed by atoms with Crippen molar-refractivity contribution in [1.29, 1.82) is 0 Å². The zero-order chi connectivity index (χ0) is 13.7. The molecule has 18 heavy (non-hydrogen) atoms. The van der Waals surface area contributed by atoms with Crippen molar-refractivity contribution in [2.75, 3.05) is 13.0 Å². The van der Waals surface area contributed by atoms with E-state index < -0.39 is 18.2 Å². The van der Waals surface area contributed by atoms with Crippen LogP contribution in [0.15, 0.2) is 18.2 Å². The molecule has 0 amide bonds. The molecule has 0 bridgehead atoms. The molecule has 1 rings (SSSR count). The Balaban J connectivity index is 3.06. The van der Waals surface area contributed by atoms with E-state index in [4.69, 9.17) is 11.6 Å². The number of ether oxygens (including phenoxy) is 1. The van der Waals surface area contributed by atoms with E-state index in [9.17, 15) is 15.0 Å². The fourth-order valence-corrected chi connectivity index (χ4v) is 2.01. The smallest absolute Gasteiger partial charge is 0.338 e. The molecule has 2 N–H and O–H groups in total. The molecule has 0 saturated heterocycles. The molecular weight excluding hydrogens is 256 g/mol. The number of hydrogen-bond donors (Lipinski definition) is 2. The van der Waals surface area contributed by atoms with Crippen molar-refractivity contribution in [3.63, 3.8) is 0 Å². The van der Waals surface area contributed by atoms with Gasteiger partial charge in [0.15, 0.2) is 0 Å². The first-order chi connectivity index (χ1) is 8.52. The standard InChI is InChI=1S/C13H17ClO4/c1-8-9(12(16)11(15)6-7-14)4-3-5-10(8)13(17)18-2/h3-5,11-12,15-16H,6-7H2,1-2H3. The number of aliphatic hydroxyl groups excluding tert-OH is 2. The summed E-state index contributed by atoms with van der Waals surface area (Å²) in [5.74, 6) is -0.207. The Morgan fingerprint density at radius 3 is 2.67 bits per heavy atom. The topological polar surface area (TPSA) is 66.8 Å². The summed E-state index contributed by atoms with van der Waals surface area (Å²) in [5, 5.41) is 19.8. The minimum atomic E-state index is -1.06. The van der Waals surface area contributed by atoms with Gasteiger partial charge in [0.2, 0.25) is 0 Å². The summed E-state index contributed by atoms with van der Waals surface area (Å²) < 4.78 is 4.66. The van der Waals surface area contributed by atoms with Gasteiger partial charge in [0.1, 0.15) is 6.10 Å². The van der Waals surface area contributed by atoms with Crippen molar-refractivity contribution in [1.82, 2.24) is 0 Å². The van der Waals surface area contributed by atoms with Crippen LogP contribution >= 0.6 is 11.6 Å². The quantitative estimate of drug-likeness (QED) is 0.634. The fourth-order valence-electron chi connectivity index (χ4n) is 1.78. The third-order valence-electron chi connectivity index (χ3n) is 2.87. The highest BCUT2D eigenvalue weighted by atomic mass is 35.5. The Labute approximate surface area is 111 Å². The molecular formula is C13H17ClO4. The van der Waals surface area contributed by atoms with E-state index in [1.54, 1.807) is 25.1 Å². The van der Waals surface area contributed by atoms with Gasteiger partial charge in [0.25, 0.3) is 0 Å². The van der Waals surface area contributed by atoms with Crippen molar-refractivity contribution in [3.05, 3.63) is 34.9 Å². The minimum Gasteiger partial charge on any atom is -0.465 e. The van der Waals surface area contributed by atoms with Crippen molar-refractivity contribution in [2.45, 2.75) is 25.6 Å². The normalized spacial score (nSPS) is 14.1. The summed E-state index contributed by atoms with van der Waals surface area (Å²) in [6.07, 6.45) is -1.73. The average Bonchev–Trinajstić information content (AvgIpc) is 2.37. The second-order valence-corrected chi connectivity index (χ2v) is 4.38. The number of methoxy groups -OCH3 is 1. The zero-order valence-electron chi connectivity index (χ0n) is 10.4. The molecule has 2 unspecified atom stereocenters. The van der Waals surface area contributed by atoms with Gasteiger partial charge in [-0.25, -0.2) is 4.79 Å². The molecule has 0 aromatic heterocycles. The molecule has 0 aliphatic heterocycles. The first-order valence-electron chi connectivity index (χ1n) is 5.62. The van der Waals surface area contributed by atoms with Crippen LogP contribution in [-0.2, 0) is 4.74 Å². The van der Waals surface area contributed by atoms with Gasteiger partial charge in [-0.15, -0.1) is 11.6 Å². The van der Waals surface area contributed by atoms with Crippen LogP contribution in [-0.4, -0.2) is 35.3 Å². The summed E-state index contributed by atoms with van der Waals surface area (Å²) in [7, 11) is 1.30. The maximum Gasteiger partial charge on any atom is 0.338 e. The molecule has 0 aliphatic carbocycles. The van der Waals surface area contributed by atoms with E-state index in [2.05, 4.69) is 4.74 Å². The Hall–Kier alpha value is -1.10. The van der Waals surface area contributed by atoms with Crippen molar-refractivity contribution in [2.24, 2.45) is 0 Å². The van der Waals surface area contributed by atoms with E-state index in [0.717, 1.165) is 0 Å². The van der Waals surface area contributed by atoms with Gasteiger partial charge in [-0.05, 0) is 30.5 Å². The third kappa shape index (κ3) is 3.22. The lowest BCUT2D eigenvalue weighted by atomic mass is 9.95. The number of halogens is 1. The SMILES string of the molecule is COC(=O)c1cccc(C(O)C(O)CCCl)c1C. The Morgan fingerprint density at radius 2 is 2.11 bits per heavy atom. The molecule has 0 saturated carbocycles. The lowest BCUT2D eigenvalue weighted by molar-refractivity contribution is 0.0165. The summed E-state index contributed by atoms with van der Waals surface area (Å²) >= 11 is 5.53. The maximum atomic E-state index is 11.5. The number of benzene rings is 1. The Kier molecular flexibility index (Phi) is 5.59. The molecule has 0 heterocycles. The average molecular weight is 273 g/mol. The van der Waals surface area contributed by atoms with E-state index in [0.29, 0.717) is 16.7 Å². The number of hydrogen-bond acceptors (Lipinski definition) is 4. The number of alkyl halides is 1. The first-order valence-corrected chi connectivity index (χ1v) is 6.16. The summed E-state index contributed by atoms with van der Waals surface area (Å²) in [6, 6.07) is 4.93. The fraction of sp³-hybridized carbons (Fsp3) is 0.462. The van der Waals surface area contributed by atoms with Gasteiger partial charge in [-0.2, -0.15) is 0 Å². The van der Waals surface area contributed by atoms with Crippen molar-refractivity contribution >= 4 is 17.6 Å². The maximum absolute atomic E-state index is 11.5. The van der Waals surface area contributed by atoms with Crippen LogP contribution < -0.4 is 0 Å². The zero-order valence-corrected chi connectivity index (χ0v) is 11.1. The molecule has 2 atom stereocenters. The molecule has 1 aromatic rings. The van der Waals surface area contributed by atoms with Crippen molar-refractivity contribution in [3.8, 4) is 0 Å². The predicted molar refractivity (Wildman–Crippen MR) is 68.8 cm³/mol. The number of rotatable bonds is 5. The first kappa shape index (κ1) is 15.0. The molecule has 0 spiro atoms.